The molecule has 104 valence electrons. The monoisotopic (exact) mass is 269 g/mol. The Labute approximate surface area is 119 Å². The lowest BCUT2D eigenvalue weighted by Crippen LogP contribution is -2.36. The highest BCUT2D eigenvalue weighted by Gasteiger charge is 2.18. The zero-order chi connectivity index (χ0) is 13.9. The van der Waals surface area contributed by atoms with Gasteiger partial charge in [0, 0.05) is 18.7 Å². The molecule has 1 aliphatic heterocycles. The number of nitrogens with zero attached hydrogens (tertiary/aromatic N) is 3. The van der Waals surface area contributed by atoms with Gasteiger partial charge in [0.15, 0.2) is 5.82 Å². The van der Waals surface area contributed by atoms with E-state index in [1.54, 1.807) is 0 Å². The third kappa shape index (κ3) is 2.65. The Hall–Kier alpha value is -1.94. The van der Waals surface area contributed by atoms with Crippen LogP contribution in [0.2, 0.25) is 0 Å². The lowest BCUT2D eigenvalue weighted by molar-refractivity contribution is 0.145. The first-order valence-electron chi connectivity index (χ1n) is 7.07. The molecule has 1 N–H and O–H groups in total. The summed E-state index contributed by atoms with van der Waals surface area (Å²) in [7, 11) is 0. The number of benzene rings is 1. The van der Waals surface area contributed by atoms with E-state index in [4.69, 9.17) is 0 Å². The SMILES string of the molecule is Cc1ccccc1-c1ccc(N2CCC(O)CC2)nn1. The summed E-state index contributed by atoms with van der Waals surface area (Å²) in [6.45, 7) is 3.77. The molecule has 20 heavy (non-hydrogen) atoms. The number of hydrogen-bond acceptors (Lipinski definition) is 4. The van der Waals surface area contributed by atoms with E-state index in [0.29, 0.717) is 0 Å². The van der Waals surface area contributed by atoms with Crippen LogP contribution in [-0.4, -0.2) is 34.5 Å². The Bertz CT molecular complexity index is 575. The molecule has 0 unspecified atom stereocenters. The van der Waals surface area contributed by atoms with Crippen molar-refractivity contribution in [3.05, 3.63) is 42.0 Å². The molecule has 0 amide bonds. The van der Waals surface area contributed by atoms with Gasteiger partial charge in [0.1, 0.15) is 0 Å². The largest absolute Gasteiger partial charge is 0.393 e. The van der Waals surface area contributed by atoms with Crippen molar-refractivity contribution in [1.29, 1.82) is 0 Å². The van der Waals surface area contributed by atoms with Crippen LogP contribution in [0.1, 0.15) is 18.4 Å². The van der Waals surface area contributed by atoms with Crippen molar-refractivity contribution >= 4 is 5.82 Å². The minimum Gasteiger partial charge on any atom is -0.393 e. The smallest absolute Gasteiger partial charge is 0.151 e. The van der Waals surface area contributed by atoms with Crippen LogP contribution >= 0.6 is 0 Å². The van der Waals surface area contributed by atoms with E-state index in [2.05, 4.69) is 34.2 Å². The molecule has 2 heterocycles. The Morgan fingerprint density at radius 1 is 1.05 bits per heavy atom. The Morgan fingerprint density at radius 3 is 2.45 bits per heavy atom. The van der Waals surface area contributed by atoms with Gasteiger partial charge in [-0.2, -0.15) is 0 Å². The number of aliphatic hydroxyl groups excluding tert-OH is 1. The maximum atomic E-state index is 9.53. The van der Waals surface area contributed by atoms with Crippen molar-refractivity contribution in [3.63, 3.8) is 0 Å². The Morgan fingerprint density at radius 2 is 1.80 bits per heavy atom. The summed E-state index contributed by atoms with van der Waals surface area (Å²) < 4.78 is 0. The molecular formula is C16H19N3O. The number of aromatic nitrogens is 2. The molecule has 4 heteroatoms. The summed E-state index contributed by atoms with van der Waals surface area (Å²) in [5.74, 6) is 0.897. The van der Waals surface area contributed by atoms with Crippen LogP contribution in [0.3, 0.4) is 0 Å². The van der Waals surface area contributed by atoms with Gasteiger partial charge < -0.3 is 10.0 Å². The van der Waals surface area contributed by atoms with E-state index < -0.39 is 0 Å². The van der Waals surface area contributed by atoms with E-state index in [-0.39, 0.29) is 6.10 Å². The van der Waals surface area contributed by atoms with Gasteiger partial charge in [0.05, 0.1) is 11.8 Å². The molecule has 0 radical (unpaired) electrons. The van der Waals surface area contributed by atoms with Crippen LogP contribution in [0.25, 0.3) is 11.3 Å². The van der Waals surface area contributed by atoms with E-state index >= 15 is 0 Å². The van der Waals surface area contributed by atoms with Gasteiger partial charge in [-0.25, -0.2) is 0 Å². The summed E-state index contributed by atoms with van der Waals surface area (Å²) in [6.07, 6.45) is 1.45. The maximum Gasteiger partial charge on any atom is 0.151 e. The Kier molecular flexibility index (Phi) is 3.65. The van der Waals surface area contributed by atoms with Crippen molar-refractivity contribution in [2.45, 2.75) is 25.9 Å². The number of rotatable bonds is 2. The maximum absolute atomic E-state index is 9.53. The normalized spacial score (nSPS) is 16.4. The summed E-state index contributed by atoms with van der Waals surface area (Å²) in [5.41, 5.74) is 3.24. The molecule has 0 saturated carbocycles. The van der Waals surface area contributed by atoms with Crippen LogP contribution in [0, 0.1) is 6.92 Å². The van der Waals surface area contributed by atoms with Gasteiger partial charge in [0.25, 0.3) is 0 Å². The number of anilines is 1. The summed E-state index contributed by atoms with van der Waals surface area (Å²) in [4.78, 5) is 2.18. The quantitative estimate of drug-likeness (QED) is 0.909. The van der Waals surface area contributed by atoms with Crippen LogP contribution in [0.4, 0.5) is 5.82 Å². The summed E-state index contributed by atoms with van der Waals surface area (Å²) in [6, 6.07) is 12.2. The van der Waals surface area contributed by atoms with Gasteiger partial charge in [-0.3, -0.25) is 0 Å². The zero-order valence-corrected chi connectivity index (χ0v) is 11.7. The summed E-state index contributed by atoms with van der Waals surface area (Å²) >= 11 is 0. The first-order chi connectivity index (χ1) is 9.74. The highest BCUT2D eigenvalue weighted by Crippen LogP contribution is 2.23. The number of piperidine rings is 1. The molecular weight excluding hydrogens is 250 g/mol. The second-order valence-corrected chi connectivity index (χ2v) is 5.31. The highest BCUT2D eigenvalue weighted by molar-refractivity contribution is 5.63. The molecule has 0 spiro atoms. The first-order valence-corrected chi connectivity index (χ1v) is 7.07. The number of aryl methyl sites for hydroxylation is 1. The van der Waals surface area contributed by atoms with Crippen LogP contribution in [0.15, 0.2) is 36.4 Å². The average molecular weight is 269 g/mol. The fourth-order valence-corrected chi connectivity index (χ4v) is 2.59. The lowest BCUT2D eigenvalue weighted by atomic mass is 10.1. The van der Waals surface area contributed by atoms with Gasteiger partial charge in [-0.05, 0) is 37.5 Å². The molecule has 1 aromatic carbocycles. The van der Waals surface area contributed by atoms with Crippen molar-refractivity contribution in [2.24, 2.45) is 0 Å². The third-order valence-electron chi connectivity index (χ3n) is 3.86. The van der Waals surface area contributed by atoms with Crippen LogP contribution in [-0.2, 0) is 0 Å². The molecule has 0 aliphatic carbocycles. The van der Waals surface area contributed by atoms with Crippen molar-refractivity contribution in [1.82, 2.24) is 10.2 Å². The molecule has 1 aliphatic rings. The first kappa shape index (κ1) is 13.1. The van der Waals surface area contributed by atoms with Crippen molar-refractivity contribution in [3.8, 4) is 11.3 Å². The standard InChI is InChI=1S/C16H19N3O/c1-12-4-2-3-5-14(12)15-6-7-16(18-17-15)19-10-8-13(20)9-11-19/h2-7,13,20H,8-11H2,1H3. The van der Waals surface area contributed by atoms with E-state index in [1.165, 1.54) is 5.56 Å². The molecule has 0 atom stereocenters. The van der Waals surface area contributed by atoms with Gasteiger partial charge in [-0.15, -0.1) is 10.2 Å². The van der Waals surface area contributed by atoms with Gasteiger partial charge in [0.2, 0.25) is 0 Å². The second-order valence-electron chi connectivity index (χ2n) is 5.31. The van der Waals surface area contributed by atoms with E-state index in [0.717, 1.165) is 43.0 Å². The van der Waals surface area contributed by atoms with Gasteiger partial charge >= 0.3 is 0 Å². The summed E-state index contributed by atoms with van der Waals surface area (Å²) in [5, 5.41) is 18.2. The molecule has 3 rings (SSSR count). The molecule has 1 fully saturated rings. The minimum atomic E-state index is -0.162. The molecule has 1 aromatic heterocycles. The number of aliphatic hydroxyl groups is 1. The predicted molar refractivity (Wildman–Crippen MR) is 79.7 cm³/mol. The minimum absolute atomic E-state index is 0.162. The van der Waals surface area contributed by atoms with Crippen LogP contribution in [0.5, 0.6) is 0 Å². The van der Waals surface area contributed by atoms with Crippen LogP contribution < -0.4 is 4.90 Å². The fraction of sp³-hybridized carbons (Fsp3) is 0.375. The highest BCUT2D eigenvalue weighted by atomic mass is 16.3. The fourth-order valence-electron chi connectivity index (χ4n) is 2.59. The Balaban J connectivity index is 1.80. The second kappa shape index (κ2) is 5.59. The molecule has 0 bridgehead atoms. The predicted octanol–water partition coefficient (Wildman–Crippen LogP) is 2.41. The van der Waals surface area contributed by atoms with Gasteiger partial charge in [-0.1, -0.05) is 24.3 Å². The zero-order valence-electron chi connectivity index (χ0n) is 11.7. The average Bonchev–Trinajstić information content (AvgIpc) is 2.49. The third-order valence-corrected chi connectivity index (χ3v) is 3.86. The topological polar surface area (TPSA) is 49.2 Å². The van der Waals surface area contributed by atoms with Crippen molar-refractivity contribution < 1.29 is 5.11 Å². The lowest BCUT2D eigenvalue weighted by Gasteiger charge is -2.30. The van der Waals surface area contributed by atoms with E-state index in [9.17, 15) is 5.11 Å². The molecule has 4 nitrogen and oxygen atoms in total. The number of hydrogen-bond donors (Lipinski definition) is 1. The van der Waals surface area contributed by atoms with E-state index in [1.807, 2.05) is 24.3 Å². The van der Waals surface area contributed by atoms with Crippen molar-refractivity contribution in [2.75, 3.05) is 18.0 Å². The molecule has 1 saturated heterocycles. The molecule has 2 aromatic rings.